The molecular formula is C11H11N3O2. The number of aryl methyl sites for hydroxylation is 1. The fourth-order valence-electron chi connectivity index (χ4n) is 1.22. The molecule has 0 aliphatic rings. The lowest BCUT2D eigenvalue weighted by atomic mass is 10.0. The molecule has 0 aliphatic heterocycles. The Labute approximate surface area is 92.7 Å². The molecule has 0 heterocycles. The van der Waals surface area contributed by atoms with Gasteiger partial charge in [0, 0.05) is 11.5 Å². The van der Waals surface area contributed by atoms with Gasteiger partial charge in [0.15, 0.2) is 0 Å². The van der Waals surface area contributed by atoms with Crippen molar-refractivity contribution in [1.82, 2.24) is 0 Å². The van der Waals surface area contributed by atoms with E-state index in [1.165, 1.54) is 0 Å². The lowest BCUT2D eigenvalue weighted by Gasteiger charge is -2.01. The van der Waals surface area contributed by atoms with Gasteiger partial charge in [0.2, 0.25) is 0 Å². The third kappa shape index (κ3) is 3.15. The minimum atomic E-state index is -0.954. The van der Waals surface area contributed by atoms with Gasteiger partial charge in [-0.2, -0.15) is 0 Å². The number of carboxylic acids is 1. The molecule has 0 bridgehead atoms. The lowest BCUT2D eigenvalue weighted by molar-refractivity contribution is 0.0697. The van der Waals surface area contributed by atoms with Crippen LogP contribution in [0.1, 0.15) is 21.5 Å². The fraction of sp³-hybridized carbons (Fsp3) is 0.182. The van der Waals surface area contributed by atoms with Gasteiger partial charge in [0.25, 0.3) is 0 Å². The number of azide groups is 1. The maximum Gasteiger partial charge on any atom is 0.335 e. The molecule has 82 valence electrons. The molecule has 0 radical (unpaired) electrons. The quantitative estimate of drug-likeness (QED) is 0.477. The van der Waals surface area contributed by atoms with Gasteiger partial charge in [-0.15, -0.1) is 0 Å². The van der Waals surface area contributed by atoms with Crippen LogP contribution >= 0.6 is 0 Å². The summed E-state index contributed by atoms with van der Waals surface area (Å²) < 4.78 is 0. The van der Waals surface area contributed by atoms with Crippen molar-refractivity contribution in [1.29, 1.82) is 0 Å². The first kappa shape index (κ1) is 11.8. The molecule has 1 aromatic carbocycles. The average Bonchev–Trinajstić information content (AvgIpc) is 2.26. The van der Waals surface area contributed by atoms with E-state index in [0.717, 1.165) is 11.1 Å². The third-order valence-corrected chi connectivity index (χ3v) is 2.07. The van der Waals surface area contributed by atoms with E-state index in [4.69, 9.17) is 10.6 Å². The van der Waals surface area contributed by atoms with Crippen molar-refractivity contribution in [2.24, 2.45) is 5.11 Å². The van der Waals surface area contributed by atoms with Crippen molar-refractivity contribution in [3.8, 4) is 0 Å². The molecule has 0 aromatic heterocycles. The van der Waals surface area contributed by atoms with Crippen molar-refractivity contribution in [3.63, 3.8) is 0 Å². The van der Waals surface area contributed by atoms with E-state index in [9.17, 15) is 4.79 Å². The minimum absolute atomic E-state index is 0.244. The lowest BCUT2D eigenvalue weighted by Crippen LogP contribution is -1.97. The second kappa shape index (κ2) is 5.58. The normalized spacial score (nSPS) is 10.1. The molecule has 16 heavy (non-hydrogen) atoms. The highest BCUT2D eigenvalue weighted by Gasteiger charge is 2.03. The third-order valence-electron chi connectivity index (χ3n) is 2.07. The predicted octanol–water partition coefficient (Wildman–Crippen LogP) is 3.02. The van der Waals surface area contributed by atoms with E-state index < -0.39 is 5.97 Å². The van der Waals surface area contributed by atoms with Crippen molar-refractivity contribution in [2.45, 2.75) is 6.92 Å². The molecule has 0 fully saturated rings. The number of rotatable bonds is 4. The summed E-state index contributed by atoms with van der Waals surface area (Å²) in [6.45, 7) is 2.14. The van der Waals surface area contributed by atoms with Crippen molar-refractivity contribution >= 4 is 12.0 Å². The Kier molecular flexibility index (Phi) is 4.12. The second-order valence-electron chi connectivity index (χ2n) is 3.19. The molecule has 1 aromatic rings. The molecule has 5 heteroatoms. The number of hydrogen-bond acceptors (Lipinski definition) is 2. The molecule has 0 saturated heterocycles. The van der Waals surface area contributed by atoms with Crippen LogP contribution in [0, 0.1) is 6.92 Å². The van der Waals surface area contributed by atoms with Gasteiger partial charge in [-0.25, -0.2) is 4.79 Å². The molecule has 0 aliphatic carbocycles. The Morgan fingerprint density at radius 2 is 2.38 bits per heavy atom. The smallest absolute Gasteiger partial charge is 0.335 e. The SMILES string of the molecule is Cc1ccc(C(=O)O)cc1C=CCN=[N+]=[N-]. The molecule has 5 nitrogen and oxygen atoms in total. The number of carbonyl (C=O) groups is 1. The first-order valence-corrected chi connectivity index (χ1v) is 4.66. The molecular weight excluding hydrogens is 206 g/mol. The Bertz CT molecular complexity index is 474. The van der Waals surface area contributed by atoms with Crippen LogP contribution in [-0.4, -0.2) is 17.6 Å². The van der Waals surface area contributed by atoms with E-state index in [2.05, 4.69) is 10.0 Å². The van der Waals surface area contributed by atoms with Gasteiger partial charge >= 0.3 is 5.97 Å². The Balaban J connectivity index is 2.94. The van der Waals surface area contributed by atoms with E-state index >= 15 is 0 Å². The summed E-state index contributed by atoms with van der Waals surface area (Å²) in [6, 6.07) is 4.89. The number of aromatic carboxylic acids is 1. The van der Waals surface area contributed by atoms with Gasteiger partial charge in [0.05, 0.1) is 5.56 Å². The first-order chi connectivity index (χ1) is 7.65. The van der Waals surface area contributed by atoms with Gasteiger partial charge in [0.1, 0.15) is 0 Å². The van der Waals surface area contributed by atoms with Gasteiger partial charge in [-0.1, -0.05) is 23.3 Å². The summed E-state index contributed by atoms with van der Waals surface area (Å²) in [6.07, 6.45) is 3.43. The maximum absolute atomic E-state index is 10.8. The first-order valence-electron chi connectivity index (χ1n) is 4.66. The van der Waals surface area contributed by atoms with Crippen LogP contribution in [0.25, 0.3) is 16.5 Å². The van der Waals surface area contributed by atoms with E-state index in [1.807, 2.05) is 6.92 Å². The van der Waals surface area contributed by atoms with E-state index in [-0.39, 0.29) is 12.1 Å². The average molecular weight is 217 g/mol. The Morgan fingerprint density at radius 1 is 1.62 bits per heavy atom. The molecule has 1 N–H and O–H groups in total. The van der Waals surface area contributed by atoms with Crippen LogP contribution in [0.5, 0.6) is 0 Å². The molecule has 0 atom stereocenters. The summed E-state index contributed by atoms with van der Waals surface area (Å²) in [5, 5.41) is 12.2. The Hall–Kier alpha value is -2.26. The molecule has 1 rings (SSSR count). The highest BCUT2D eigenvalue weighted by Crippen LogP contribution is 2.13. The predicted molar refractivity (Wildman–Crippen MR) is 61.2 cm³/mol. The van der Waals surface area contributed by atoms with Crippen molar-refractivity contribution in [3.05, 3.63) is 51.4 Å². The summed E-state index contributed by atoms with van der Waals surface area (Å²) in [5.74, 6) is -0.954. The summed E-state index contributed by atoms with van der Waals surface area (Å²) in [4.78, 5) is 13.4. The van der Waals surface area contributed by atoms with Gasteiger partial charge in [-0.05, 0) is 35.7 Å². The van der Waals surface area contributed by atoms with Gasteiger partial charge < -0.3 is 5.11 Å². The Morgan fingerprint density at radius 3 is 3.00 bits per heavy atom. The number of hydrogen-bond donors (Lipinski definition) is 1. The monoisotopic (exact) mass is 217 g/mol. The maximum atomic E-state index is 10.8. The largest absolute Gasteiger partial charge is 0.478 e. The van der Waals surface area contributed by atoms with Crippen molar-refractivity contribution in [2.75, 3.05) is 6.54 Å². The number of benzene rings is 1. The summed E-state index contributed by atoms with van der Waals surface area (Å²) in [5.41, 5.74) is 10.1. The molecule has 0 saturated carbocycles. The van der Waals surface area contributed by atoms with Gasteiger partial charge in [-0.3, -0.25) is 0 Å². The summed E-state index contributed by atoms with van der Waals surface area (Å²) >= 11 is 0. The van der Waals surface area contributed by atoms with Crippen molar-refractivity contribution < 1.29 is 9.90 Å². The fourth-order valence-corrected chi connectivity index (χ4v) is 1.22. The zero-order chi connectivity index (χ0) is 12.0. The molecule has 0 amide bonds. The van der Waals surface area contributed by atoms with Crippen LogP contribution in [0.15, 0.2) is 29.4 Å². The van der Waals surface area contributed by atoms with Crippen LogP contribution < -0.4 is 0 Å². The van der Waals surface area contributed by atoms with E-state index in [1.54, 1.807) is 30.4 Å². The van der Waals surface area contributed by atoms with Crippen LogP contribution in [0.3, 0.4) is 0 Å². The molecule has 0 spiro atoms. The van der Waals surface area contributed by atoms with Crippen LogP contribution in [0.4, 0.5) is 0 Å². The van der Waals surface area contributed by atoms with Crippen LogP contribution in [0.2, 0.25) is 0 Å². The number of nitrogens with zero attached hydrogens (tertiary/aromatic N) is 3. The molecule has 0 unspecified atom stereocenters. The highest BCUT2D eigenvalue weighted by atomic mass is 16.4. The summed E-state index contributed by atoms with van der Waals surface area (Å²) in [7, 11) is 0. The van der Waals surface area contributed by atoms with Crippen LogP contribution in [-0.2, 0) is 0 Å². The standard InChI is InChI=1S/C11H11N3O2/c1-8-4-5-10(11(15)16)7-9(8)3-2-6-13-14-12/h2-5,7H,6H2,1H3,(H,15,16). The zero-order valence-corrected chi connectivity index (χ0v) is 8.79. The zero-order valence-electron chi connectivity index (χ0n) is 8.79. The highest BCUT2D eigenvalue weighted by molar-refractivity contribution is 5.88. The number of carboxylic acid groups (broad SMARTS) is 1. The minimum Gasteiger partial charge on any atom is -0.478 e. The topological polar surface area (TPSA) is 86.1 Å². The second-order valence-corrected chi connectivity index (χ2v) is 3.19. The van der Waals surface area contributed by atoms with E-state index in [0.29, 0.717) is 0 Å².